The maximum Gasteiger partial charge on any atom is 0.170 e. The molecule has 0 aromatic heterocycles. The highest BCUT2D eigenvalue weighted by atomic mass is 19.1. The Labute approximate surface area is 105 Å². The highest BCUT2D eigenvalue weighted by Crippen LogP contribution is 2.32. The predicted octanol–water partition coefficient (Wildman–Crippen LogP) is 3.12. The maximum absolute atomic E-state index is 13.8. The second-order valence-corrected chi connectivity index (χ2v) is 5.22. The van der Waals surface area contributed by atoms with Gasteiger partial charge in [0.05, 0.1) is 5.56 Å². The van der Waals surface area contributed by atoms with Crippen LogP contribution in [0.2, 0.25) is 0 Å². The van der Waals surface area contributed by atoms with Crippen molar-refractivity contribution in [1.82, 2.24) is 0 Å². The van der Waals surface area contributed by atoms with Crippen molar-refractivity contribution in [3.8, 4) is 0 Å². The third-order valence-corrected chi connectivity index (χ3v) is 3.67. The van der Waals surface area contributed by atoms with Crippen molar-refractivity contribution in [2.24, 2.45) is 5.73 Å². The molecule has 0 atom stereocenters. The van der Waals surface area contributed by atoms with Crippen LogP contribution in [0.15, 0.2) is 12.1 Å². The van der Waals surface area contributed by atoms with Gasteiger partial charge in [0.15, 0.2) is 5.78 Å². The first kappa shape index (κ1) is 13.1. The molecule has 1 aliphatic rings. The molecule has 1 aromatic rings. The van der Waals surface area contributed by atoms with Crippen LogP contribution in [0.1, 0.15) is 48.0 Å². The smallest absolute Gasteiger partial charge is 0.170 e. The number of ketones is 1. The molecular weight excluding hydrogens is 236 g/mol. The molecule has 0 spiro atoms. The highest BCUT2D eigenvalue weighted by molar-refractivity contribution is 5.97. The second kappa shape index (κ2) is 4.76. The minimum atomic E-state index is -0.801. The van der Waals surface area contributed by atoms with Gasteiger partial charge in [0, 0.05) is 12.0 Å². The van der Waals surface area contributed by atoms with Crippen LogP contribution in [0, 0.1) is 18.6 Å². The second-order valence-electron chi connectivity index (χ2n) is 5.22. The SMILES string of the molecule is Cc1ccc(F)c(C(=O)CC2(N)CCCC2)c1F. The first-order valence-corrected chi connectivity index (χ1v) is 6.20. The Morgan fingerprint density at radius 3 is 2.56 bits per heavy atom. The van der Waals surface area contributed by atoms with Crippen molar-refractivity contribution in [2.45, 2.75) is 44.6 Å². The topological polar surface area (TPSA) is 43.1 Å². The summed E-state index contributed by atoms with van der Waals surface area (Å²) >= 11 is 0. The summed E-state index contributed by atoms with van der Waals surface area (Å²) in [5.74, 6) is -2.09. The molecule has 4 heteroatoms. The van der Waals surface area contributed by atoms with E-state index in [0.717, 1.165) is 31.7 Å². The molecule has 0 heterocycles. The summed E-state index contributed by atoms with van der Waals surface area (Å²) in [6, 6.07) is 2.46. The fraction of sp³-hybridized carbons (Fsp3) is 0.500. The van der Waals surface area contributed by atoms with Gasteiger partial charge in [-0.25, -0.2) is 8.78 Å². The zero-order valence-corrected chi connectivity index (χ0v) is 10.4. The van der Waals surface area contributed by atoms with E-state index in [9.17, 15) is 13.6 Å². The maximum atomic E-state index is 13.8. The van der Waals surface area contributed by atoms with E-state index in [1.165, 1.54) is 13.0 Å². The number of rotatable bonds is 3. The summed E-state index contributed by atoms with van der Waals surface area (Å²) in [4.78, 5) is 12.0. The molecule has 0 unspecified atom stereocenters. The van der Waals surface area contributed by atoms with Gasteiger partial charge in [-0.3, -0.25) is 4.79 Å². The van der Waals surface area contributed by atoms with Crippen LogP contribution in [0.3, 0.4) is 0 Å². The van der Waals surface area contributed by atoms with Gasteiger partial charge in [-0.2, -0.15) is 0 Å². The number of benzene rings is 1. The van der Waals surface area contributed by atoms with Gasteiger partial charge in [-0.05, 0) is 31.4 Å². The highest BCUT2D eigenvalue weighted by Gasteiger charge is 2.33. The summed E-state index contributed by atoms with van der Waals surface area (Å²) in [5, 5.41) is 0. The predicted molar refractivity (Wildman–Crippen MR) is 65.4 cm³/mol. The van der Waals surface area contributed by atoms with E-state index in [-0.39, 0.29) is 12.0 Å². The van der Waals surface area contributed by atoms with E-state index in [1.54, 1.807) is 0 Å². The van der Waals surface area contributed by atoms with Crippen LogP contribution in [-0.2, 0) is 0 Å². The molecule has 0 amide bonds. The van der Waals surface area contributed by atoms with Crippen LogP contribution >= 0.6 is 0 Å². The lowest BCUT2D eigenvalue weighted by molar-refractivity contribution is 0.0944. The molecule has 0 bridgehead atoms. The van der Waals surface area contributed by atoms with Gasteiger partial charge in [0.25, 0.3) is 0 Å². The number of nitrogens with two attached hydrogens (primary N) is 1. The molecule has 2 N–H and O–H groups in total. The normalized spacial score (nSPS) is 18.0. The fourth-order valence-corrected chi connectivity index (χ4v) is 2.58. The van der Waals surface area contributed by atoms with E-state index < -0.39 is 28.5 Å². The quantitative estimate of drug-likeness (QED) is 0.841. The van der Waals surface area contributed by atoms with E-state index >= 15 is 0 Å². The third kappa shape index (κ3) is 2.43. The number of hydrogen-bond acceptors (Lipinski definition) is 2. The summed E-state index contributed by atoms with van der Waals surface area (Å²) in [6.07, 6.45) is 3.46. The van der Waals surface area contributed by atoms with Gasteiger partial charge in [0.1, 0.15) is 11.6 Å². The van der Waals surface area contributed by atoms with Crippen LogP contribution in [0.5, 0.6) is 0 Å². The molecule has 1 fully saturated rings. The lowest BCUT2D eigenvalue weighted by Crippen LogP contribution is -2.39. The van der Waals surface area contributed by atoms with E-state index in [0.29, 0.717) is 0 Å². The first-order valence-electron chi connectivity index (χ1n) is 6.20. The summed E-state index contributed by atoms with van der Waals surface area (Å²) in [6.45, 7) is 1.51. The Bertz CT molecular complexity index is 479. The number of hydrogen-bond donors (Lipinski definition) is 1. The largest absolute Gasteiger partial charge is 0.325 e. The first-order chi connectivity index (χ1) is 8.43. The molecule has 98 valence electrons. The van der Waals surface area contributed by atoms with Crippen molar-refractivity contribution in [2.75, 3.05) is 0 Å². The molecule has 1 aliphatic carbocycles. The minimum absolute atomic E-state index is 0.0181. The number of carbonyl (C=O) groups is 1. The summed E-state index contributed by atoms with van der Waals surface area (Å²) < 4.78 is 27.4. The van der Waals surface area contributed by atoms with Gasteiger partial charge < -0.3 is 5.73 Å². The number of carbonyl (C=O) groups excluding carboxylic acids is 1. The summed E-state index contributed by atoms with van der Waals surface area (Å²) in [5.41, 5.74) is 5.32. The van der Waals surface area contributed by atoms with E-state index in [4.69, 9.17) is 5.73 Å². The Balaban J connectivity index is 2.26. The van der Waals surface area contributed by atoms with E-state index in [1.807, 2.05) is 0 Å². The molecule has 1 aromatic carbocycles. The van der Waals surface area contributed by atoms with Crippen LogP contribution in [0.4, 0.5) is 8.78 Å². The number of halogens is 2. The monoisotopic (exact) mass is 253 g/mol. The Morgan fingerprint density at radius 2 is 1.94 bits per heavy atom. The lowest BCUT2D eigenvalue weighted by Gasteiger charge is -2.22. The van der Waals surface area contributed by atoms with Crippen molar-refractivity contribution in [1.29, 1.82) is 0 Å². The van der Waals surface area contributed by atoms with Gasteiger partial charge in [-0.15, -0.1) is 0 Å². The molecule has 18 heavy (non-hydrogen) atoms. The van der Waals surface area contributed by atoms with Crippen molar-refractivity contribution < 1.29 is 13.6 Å². The molecule has 2 nitrogen and oxygen atoms in total. The van der Waals surface area contributed by atoms with Gasteiger partial charge >= 0.3 is 0 Å². The van der Waals surface area contributed by atoms with Crippen molar-refractivity contribution in [3.05, 3.63) is 34.9 Å². The Morgan fingerprint density at radius 1 is 1.33 bits per heavy atom. The van der Waals surface area contributed by atoms with Gasteiger partial charge in [0.2, 0.25) is 0 Å². The zero-order valence-electron chi connectivity index (χ0n) is 10.4. The third-order valence-electron chi connectivity index (χ3n) is 3.67. The summed E-state index contributed by atoms with van der Waals surface area (Å²) in [7, 11) is 0. The van der Waals surface area contributed by atoms with Crippen LogP contribution in [-0.4, -0.2) is 11.3 Å². The molecule has 2 rings (SSSR count). The lowest BCUT2D eigenvalue weighted by atomic mass is 9.89. The van der Waals surface area contributed by atoms with Crippen LogP contribution < -0.4 is 5.73 Å². The Hall–Kier alpha value is -1.29. The fourth-order valence-electron chi connectivity index (χ4n) is 2.58. The van der Waals surface area contributed by atoms with E-state index in [2.05, 4.69) is 0 Å². The zero-order chi connectivity index (χ0) is 13.3. The average molecular weight is 253 g/mol. The molecule has 1 saturated carbocycles. The molecule has 0 aliphatic heterocycles. The Kier molecular flexibility index (Phi) is 3.48. The standard InChI is InChI=1S/C14H17F2NO/c1-9-4-5-10(15)12(13(9)16)11(18)8-14(17)6-2-3-7-14/h4-5H,2-3,6-8,17H2,1H3. The number of Topliss-reactive ketones (excluding diaryl/α,β-unsaturated/α-hetero) is 1. The minimum Gasteiger partial charge on any atom is -0.325 e. The number of aryl methyl sites for hydroxylation is 1. The van der Waals surface area contributed by atoms with Crippen LogP contribution in [0.25, 0.3) is 0 Å². The van der Waals surface area contributed by atoms with Gasteiger partial charge in [-0.1, -0.05) is 18.9 Å². The van der Waals surface area contributed by atoms with Crippen molar-refractivity contribution in [3.63, 3.8) is 0 Å². The molecule has 0 saturated heterocycles. The molecular formula is C14H17F2NO. The van der Waals surface area contributed by atoms with Crippen molar-refractivity contribution >= 4 is 5.78 Å². The molecule has 0 radical (unpaired) electrons. The average Bonchev–Trinajstić information content (AvgIpc) is 2.71.